The molecule has 5 nitrogen and oxygen atoms in total. The fourth-order valence-corrected chi connectivity index (χ4v) is 2.69. The number of amides is 1. The number of aliphatic hydroxyl groups excluding tert-OH is 1. The molecule has 5 heteroatoms. The molecule has 1 N–H and O–H groups in total. The number of aliphatic hydroxyl groups is 1. The number of likely N-dealkylation sites (tertiary alicyclic amines) is 1. The van der Waals surface area contributed by atoms with E-state index in [0.717, 1.165) is 18.4 Å². The van der Waals surface area contributed by atoms with E-state index >= 15 is 0 Å². The lowest BCUT2D eigenvalue weighted by molar-refractivity contribution is -0.139. The minimum absolute atomic E-state index is 0.0522. The van der Waals surface area contributed by atoms with Gasteiger partial charge in [-0.25, -0.2) is 0 Å². The lowest BCUT2D eigenvalue weighted by Crippen LogP contribution is -2.42. The standard InChI is InChI=1S/C16H23NO4/c1-11-5-4-8-17(16(11)19)10-13(18)12-6-7-14(20-2)15(9-12)21-3/h6-7,9,11,13,18H,4-5,8,10H2,1-3H3. The number of benzene rings is 1. The zero-order valence-electron chi connectivity index (χ0n) is 12.8. The van der Waals surface area contributed by atoms with Gasteiger partial charge in [0.05, 0.1) is 26.9 Å². The SMILES string of the molecule is COc1ccc(C(O)CN2CCCC(C)C2=O)cc1OC. The molecule has 1 aliphatic rings. The largest absolute Gasteiger partial charge is 0.493 e. The summed E-state index contributed by atoms with van der Waals surface area (Å²) >= 11 is 0. The van der Waals surface area contributed by atoms with Crippen LogP contribution in [-0.4, -0.2) is 43.2 Å². The Morgan fingerprint density at radius 1 is 1.33 bits per heavy atom. The zero-order valence-corrected chi connectivity index (χ0v) is 12.8. The first-order chi connectivity index (χ1) is 10.1. The minimum Gasteiger partial charge on any atom is -0.493 e. The molecule has 1 aliphatic heterocycles. The number of methoxy groups -OCH3 is 2. The quantitative estimate of drug-likeness (QED) is 0.902. The second-order valence-corrected chi connectivity index (χ2v) is 5.46. The summed E-state index contributed by atoms with van der Waals surface area (Å²) in [6.45, 7) is 2.98. The Hall–Kier alpha value is -1.75. The van der Waals surface area contributed by atoms with Crippen LogP contribution < -0.4 is 9.47 Å². The molecule has 2 rings (SSSR count). The lowest BCUT2D eigenvalue weighted by atomic mass is 9.98. The molecule has 21 heavy (non-hydrogen) atoms. The Morgan fingerprint density at radius 2 is 2.05 bits per heavy atom. The number of β-amino-alcohol motifs (C(OH)–C–C–N with tert-alkyl or cyclic N) is 1. The summed E-state index contributed by atoms with van der Waals surface area (Å²) in [4.78, 5) is 13.8. The molecule has 0 aliphatic carbocycles. The van der Waals surface area contributed by atoms with Crippen molar-refractivity contribution in [2.75, 3.05) is 27.3 Å². The van der Waals surface area contributed by atoms with E-state index in [9.17, 15) is 9.90 Å². The zero-order chi connectivity index (χ0) is 15.4. The second-order valence-electron chi connectivity index (χ2n) is 5.46. The Bertz CT molecular complexity index is 503. The van der Waals surface area contributed by atoms with Crippen molar-refractivity contribution in [3.63, 3.8) is 0 Å². The summed E-state index contributed by atoms with van der Waals surface area (Å²) in [5.74, 6) is 1.38. The summed E-state index contributed by atoms with van der Waals surface area (Å²) in [6.07, 6.45) is 1.20. The first-order valence-corrected chi connectivity index (χ1v) is 7.25. The van der Waals surface area contributed by atoms with Crippen molar-refractivity contribution in [3.8, 4) is 11.5 Å². The highest BCUT2D eigenvalue weighted by atomic mass is 16.5. The molecule has 2 unspecified atom stereocenters. The number of hydrogen-bond acceptors (Lipinski definition) is 4. The molecule has 1 aromatic carbocycles. The van der Waals surface area contributed by atoms with Crippen molar-refractivity contribution in [3.05, 3.63) is 23.8 Å². The number of rotatable bonds is 5. The van der Waals surface area contributed by atoms with Gasteiger partial charge in [0, 0.05) is 12.5 Å². The number of piperidine rings is 1. The predicted octanol–water partition coefficient (Wildman–Crippen LogP) is 2.00. The van der Waals surface area contributed by atoms with Gasteiger partial charge in [-0.15, -0.1) is 0 Å². The van der Waals surface area contributed by atoms with E-state index in [1.165, 1.54) is 0 Å². The summed E-state index contributed by atoms with van der Waals surface area (Å²) in [5.41, 5.74) is 0.721. The van der Waals surface area contributed by atoms with Gasteiger partial charge < -0.3 is 19.5 Å². The topological polar surface area (TPSA) is 59.0 Å². The summed E-state index contributed by atoms with van der Waals surface area (Å²) < 4.78 is 10.4. The highest BCUT2D eigenvalue weighted by molar-refractivity contribution is 5.79. The van der Waals surface area contributed by atoms with Crippen LogP contribution in [0.4, 0.5) is 0 Å². The van der Waals surface area contributed by atoms with Crippen LogP contribution >= 0.6 is 0 Å². The van der Waals surface area contributed by atoms with Gasteiger partial charge in [0.15, 0.2) is 11.5 Å². The molecule has 1 amide bonds. The summed E-state index contributed by atoms with van der Waals surface area (Å²) in [7, 11) is 3.13. The highest BCUT2D eigenvalue weighted by Gasteiger charge is 2.27. The molecule has 0 saturated carbocycles. The summed E-state index contributed by atoms with van der Waals surface area (Å²) in [5, 5.41) is 10.4. The molecule has 2 atom stereocenters. The summed E-state index contributed by atoms with van der Waals surface area (Å²) in [6, 6.07) is 5.31. The molecule has 1 heterocycles. The molecule has 0 spiro atoms. The Labute approximate surface area is 125 Å². The van der Waals surface area contributed by atoms with Crippen molar-refractivity contribution in [1.29, 1.82) is 0 Å². The first kappa shape index (κ1) is 15.6. The predicted molar refractivity (Wildman–Crippen MR) is 79.5 cm³/mol. The van der Waals surface area contributed by atoms with Crippen LogP contribution in [0.15, 0.2) is 18.2 Å². The van der Waals surface area contributed by atoms with Crippen molar-refractivity contribution >= 4 is 5.91 Å². The van der Waals surface area contributed by atoms with Crippen LogP contribution in [0.1, 0.15) is 31.4 Å². The van der Waals surface area contributed by atoms with Gasteiger partial charge in [-0.2, -0.15) is 0 Å². The maximum absolute atomic E-state index is 12.1. The van der Waals surface area contributed by atoms with E-state index in [1.54, 1.807) is 37.3 Å². The van der Waals surface area contributed by atoms with Gasteiger partial charge in [0.25, 0.3) is 0 Å². The van der Waals surface area contributed by atoms with Crippen molar-refractivity contribution in [2.24, 2.45) is 5.92 Å². The average molecular weight is 293 g/mol. The molecule has 116 valence electrons. The van der Waals surface area contributed by atoms with Crippen LogP contribution in [0.5, 0.6) is 11.5 Å². The Kier molecular flexibility index (Phi) is 5.07. The highest BCUT2D eigenvalue weighted by Crippen LogP contribution is 2.30. The van der Waals surface area contributed by atoms with Gasteiger partial charge >= 0.3 is 0 Å². The van der Waals surface area contributed by atoms with Gasteiger partial charge in [-0.1, -0.05) is 13.0 Å². The number of ether oxygens (including phenoxy) is 2. The van der Waals surface area contributed by atoms with Crippen LogP contribution in [0.2, 0.25) is 0 Å². The Morgan fingerprint density at radius 3 is 2.71 bits per heavy atom. The number of carbonyl (C=O) groups is 1. The average Bonchev–Trinajstić information content (AvgIpc) is 2.51. The maximum atomic E-state index is 12.1. The molecule has 0 bridgehead atoms. The van der Waals surface area contributed by atoms with Gasteiger partial charge in [0.1, 0.15) is 0 Å². The monoisotopic (exact) mass is 293 g/mol. The van der Waals surface area contributed by atoms with E-state index in [0.29, 0.717) is 24.6 Å². The third kappa shape index (κ3) is 3.47. The van der Waals surface area contributed by atoms with E-state index in [-0.39, 0.29) is 11.8 Å². The van der Waals surface area contributed by atoms with Gasteiger partial charge in [-0.05, 0) is 30.5 Å². The molecular weight excluding hydrogens is 270 g/mol. The molecule has 1 saturated heterocycles. The molecule has 1 fully saturated rings. The normalized spacial score (nSPS) is 20.3. The Balaban J connectivity index is 2.09. The number of nitrogens with zero attached hydrogens (tertiary/aromatic N) is 1. The molecule has 1 aromatic rings. The van der Waals surface area contributed by atoms with Crippen LogP contribution in [0, 0.1) is 5.92 Å². The van der Waals surface area contributed by atoms with E-state index < -0.39 is 6.10 Å². The number of hydrogen-bond donors (Lipinski definition) is 1. The molecular formula is C16H23NO4. The minimum atomic E-state index is -0.723. The van der Waals surface area contributed by atoms with E-state index in [4.69, 9.17) is 9.47 Å². The fourth-order valence-electron chi connectivity index (χ4n) is 2.69. The van der Waals surface area contributed by atoms with Crippen LogP contribution in [-0.2, 0) is 4.79 Å². The third-order valence-corrected chi connectivity index (χ3v) is 3.98. The first-order valence-electron chi connectivity index (χ1n) is 7.25. The van der Waals surface area contributed by atoms with Gasteiger partial charge in [-0.3, -0.25) is 4.79 Å². The molecule has 0 aromatic heterocycles. The van der Waals surface area contributed by atoms with E-state index in [2.05, 4.69) is 0 Å². The number of carbonyl (C=O) groups excluding carboxylic acids is 1. The fraction of sp³-hybridized carbons (Fsp3) is 0.562. The van der Waals surface area contributed by atoms with Crippen LogP contribution in [0.3, 0.4) is 0 Å². The maximum Gasteiger partial charge on any atom is 0.225 e. The van der Waals surface area contributed by atoms with E-state index in [1.807, 2.05) is 6.92 Å². The van der Waals surface area contributed by atoms with Gasteiger partial charge in [0.2, 0.25) is 5.91 Å². The van der Waals surface area contributed by atoms with Crippen molar-refractivity contribution in [1.82, 2.24) is 4.90 Å². The molecule has 0 radical (unpaired) electrons. The smallest absolute Gasteiger partial charge is 0.225 e. The van der Waals surface area contributed by atoms with Crippen LogP contribution in [0.25, 0.3) is 0 Å². The van der Waals surface area contributed by atoms with Crippen molar-refractivity contribution in [2.45, 2.75) is 25.9 Å². The van der Waals surface area contributed by atoms with Crippen molar-refractivity contribution < 1.29 is 19.4 Å². The second kappa shape index (κ2) is 6.80. The third-order valence-electron chi connectivity index (χ3n) is 3.98. The lowest BCUT2D eigenvalue weighted by Gasteiger charge is -2.32.